The molecule has 0 aromatic heterocycles. The van der Waals surface area contributed by atoms with Crippen LogP contribution in [0.5, 0.6) is 0 Å². The number of hydrogen-bond acceptors (Lipinski definition) is 1. The molecule has 0 rings (SSSR count). The monoisotopic (exact) mass is 199 g/mol. The fraction of sp³-hybridized carbons (Fsp3) is 0. The minimum Gasteiger partial charge on any atom is 0 e. The third-order valence-corrected chi connectivity index (χ3v) is 0. The normalized spacial score (nSPS) is 8.43. The Labute approximate surface area is 80.7 Å². The van der Waals surface area contributed by atoms with E-state index < -0.39 is 7.82 Å². The van der Waals surface area contributed by atoms with Crippen molar-refractivity contribution in [2.45, 2.75) is 0 Å². The van der Waals surface area contributed by atoms with Crippen molar-refractivity contribution >= 4 is 45.6 Å². The van der Waals surface area contributed by atoms with Gasteiger partial charge in [0.25, 0.3) is 0 Å². The Balaban J connectivity index is -0.0000000800. The molecule has 0 saturated heterocycles. The van der Waals surface area contributed by atoms with Crippen LogP contribution in [0.3, 0.4) is 0 Å². The molecule has 4 nitrogen and oxygen atoms in total. The molecular weight excluding hydrogens is 194 g/mol. The summed E-state index contributed by atoms with van der Waals surface area (Å²) in [6.07, 6.45) is 0. The largest absolute Gasteiger partial charge is 0 e. The second kappa shape index (κ2) is 6.00. The summed E-state index contributed by atoms with van der Waals surface area (Å²) in [6.45, 7) is 0. The Morgan fingerprint density at radius 3 is 1.14 bits per heavy atom. The Morgan fingerprint density at radius 2 is 1.14 bits per heavy atom. The molecule has 0 aromatic carbocycles. The van der Waals surface area contributed by atoms with E-state index in [0.29, 0.717) is 0 Å². The molecule has 0 bridgehead atoms. The van der Waals surface area contributed by atoms with E-state index in [9.17, 15) is 0 Å². The first-order chi connectivity index (χ1) is 2.00. The molecule has 7 heteroatoms. The predicted molar refractivity (Wildman–Crippen MR) is 22.8 cm³/mol. The summed E-state index contributed by atoms with van der Waals surface area (Å²) in [4.78, 5) is 21.6. The van der Waals surface area contributed by atoms with Gasteiger partial charge in [0, 0.05) is 16.8 Å². The summed E-state index contributed by atoms with van der Waals surface area (Å²) in [6, 6.07) is 0. The average Bonchev–Trinajstić information content (AvgIpc) is 0.722. The number of rotatable bonds is 0. The maximum Gasteiger partial charge on any atom is 0 e. The zero-order valence-corrected chi connectivity index (χ0v) is 4.47. The van der Waals surface area contributed by atoms with Crippen LogP contribution in [0.4, 0.5) is 0 Å². The fourth-order valence-electron chi connectivity index (χ4n) is 0. The molecule has 0 aromatic rings. The fourth-order valence-corrected chi connectivity index (χ4v) is 0. The summed E-state index contributed by atoms with van der Waals surface area (Å²) in [5.74, 6) is 0. The van der Waals surface area contributed by atoms with E-state index in [0.717, 1.165) is 0 Å². The third-order valence-electron chi connectivity index (χ3n) is 0. The Bertz CT molecular complexity index is 57.8. The van der Waals surface area contributed by atoms with Gasteiger partial charge in [-0.25, -0.2) is 4.57 Å². The summed E-state index contributed by atoms with van der Waals surface area (Å²) in [5.41, 5.74) is 0. The van der Waals surface area contributed by atoms with E-state index in [1.54, 1.807) is 0 Å². The van der Waals surface area contributed by atoms with Crippen molar-refractivity contribution in [2.24, 2.45) is 0 Å². The van der Waals surface area contributed by atoms with E-state index in [4.69, 9.17) is 19.2 Å². The van der Waals surface area contributed by atoms with Crippen LogP contribution in [0, 0.1) is 0 Å². The van der Waals surface area contributed by atoms with Crippen LogP contribution in [0.25, 0.3) is 0 Å². The second-order valence-corrected chi connectivity index (χ2v) is 1.54. The molecule has 0 aliphatic rings. The molecular formula is H5CaCoO4P. The van der Waals surface area contributed by atoms with Gasteiger partial charge < -0.3 is 14.7 Å². The predicted octanol–water partition coefficient (Wildman–Crippen LogP) is -1.85. The molecule has 3 N–H and O–H groups in total. The van der Waals surface area contributed by atoms with Gasteiger partial charge in [0.1, 0.15) is 0 Å². The first-order valence-corrected chi connectivity index (χ1v) is 2.35. The Hall–Kier alpha value is 1.88. The minimum absolute atomic E-state index is 0. The molecule has 0 fully saturated rings. The van der Waals surface area contributed by atoms with E-state index in [2.05, 4.69) is 0 Å². The van der Waals surface area contributed by atoms with E-state index in [1.807, 2.05) is 0 Å². The zero-order valence-electron chi connectivity index (χ0n) is 2.53. The third kappa shape index (κ3) is 77.3. The molecule has 0 spiro atoms. The van der Waals surface area contributed by atoms with Crippen LogP contribution >= 0.6 is 7.82 Å². The van der Waals surface area contributed by atoms with Crippen LogP contribution in [0.15, 0.2) is 0 Å². The van der Waals surface area contributed by atoms with Gasteiger partial charge >= 0.3 is 45.6 Å². The van der Waals surface area contributed by atoms with Gasteiger partial charge in [-0.1, -0.05) is 0 Å². The molecule has 7 heavy (non-hydrogen) atoms. The maximum absolute atomic E-state index is 8.88. The van der Waals surface area contributed by atoms with E-state index in [1.165, 1.54) is 0 Å². The zero-order chi connectivity index (χ0) is 4.50. The SMILES string of the molecule is O=P(O)(O)O.[CaH2].[Co]. The van der Waals surface area contributed by atoms with Crippen molar-refractivity contribution in [2.75, 3.05) is 0 Å². The molecule has 1 radical (unpaired) electrons. The molecule has 0 amide bonds. The molecule has 0 heterocycles. The Morgan fingerprint density at radius 1 is 1.14 bits per heavy atom. The van der Waals surface area contributed by atoms with Gasteiger partial charge in [-0.05, 0) is 0 Å². The molecule has 0 aliphatic carbocycles. The number of phosphoric acid groups is 1. The molecule has 0 unspecified atom stereocenters. The van der Waals surface area contributed by atoms with Gasteiger partial charge in [0.05, 0.1) is 0 Å². The molecule has 0 saturated carbocycles. The van der Waals surface area contributed by atoms with Crippen LogP contribution < -0.4 is 0 Å². The van der Waals surface area contributed by atoms with Crippen LogP contribution in [0.2, 0.25) is 0 Å². The Kier molecular flexibility index (Phi) is 13.7. The van der Waals surface area contributed by atoms with Crippen molar-refractivity contribution in [3.63, 3.8) is 0 Å². The van der Waals surface area contributed by atoms with E-state index >= 15 is 0 Å². The van der Waals surface area contributed by atoms with Gasteiger partial charge in [-0.2, -0.15) is 0 Å². The van der Waals surface area contributed by atoms with Crippen molar-refractivity contribution in [3.8, 4) is 0 Å². The standard InChI is InChI=1S/Ca.Co.H3O4P.2H/c;;1-5(2,3)4;;/h;;(H3,1,2,3,4);;. The minimum atomic E-state index is -4.64. The van der Waals surface area contributed by atoms with Crippen molar-refractivity contribution in [3.05, 3.63) is 0 Å². The van der Waals surface area contributed by atoms with Crippen LogP contribution in [-0.4, -0.2) is 52.4 Å². The smallest absolute Gasteiger partial charge is 0 e. The maximum atomic E-state index is 8.88. The number of hydrogen-bond donors (Lipinski definition) is 3. The first kappa shape index (κ1) is 15.9. The van der Waals surface area contributed by atoms with Gasteiger partial charge in [-0.3, -0.25) is 0 Å². The van der Waals surface area contributed by atoms with Crippen molar-refractivity contribution in [1.29, 1.82) is 0 Å². The van der Waals surface area contributed by atoms with Gasteiger partial charge in [0.15, 0.2) is 0 Å². The van der Waals surface area contributed by atoms with Crippen LogP contribution in [0.1, 0.15) is 0 Å². The molecule has 0 atom stereocenters. The quantitative estimate of drug-likeness (QED) is 0.316. The van der Waals surface area contributed by atoms with Crippen molar-refractivity contribution in [1.82, 2.24) is 0 Å². The molecule has 45 valence electrons. The molecule has 0 aliphatic heterocycles. The van der Waals surface area contributed by atoms with E-state index in [-0.39, 0.29) is 54.5 Å². The van der Waals surface area contributed by atoms with Gasteiger partial charge in [-0.15, -0.1) is 0 Å². The summed E-state index contributed by atoms with van der Waals surface area (Å²) in [7, 11) is -4.64. The first-order valence-electron chi connectivity index (χ1n) is 0.783. The second-order valence-electron chi connectivity index (χ2n) is 0.513. The van der Waals surface area contributed by atoms with Crippen molar-refractivity contribution < 1.29 is 36.0 Å². The van der Waals surface area contributed by atoms with Gasteiger partial charge in [0.2, 0.25) is 0 Å². The topological polar surface area (TPSA) is 77.8 Å². The van der Waals surface area contributed by atoms with Crippen LogP contribution in [-0.2, 0) is 21.3 Å². The summed E-state index contributed by atoms with van der Waals surface area (Å²) < 4.78 is 8.88. The summed E-state index contributed by atoms with van der Waals surface area (Å²) in [5, 5.41) is 0. The summed E-state index contributed by atoms with van der Waals surface area (Å²) >= 11 is 0. The average molecular weight is 199 g/mol.